The van der Waals surface area contributed by atoms with Gasteiger partial charge in [-0.1, -0.05) is 35.9 Å². The Kier molecular flexibility index (Phi) is 6.10. The number of hydrogen-bond donors (Lipinski definition) is 2. The molecule has 1 aromatic heterocycles. The molecule has 1 atom stereocenters. The number of rotatable bonds is 4. The van der Waals surface area contributed by atoms with E-state index in [1.54, 1.807) is 22.9 Å². The van der Waals surface area contributed by atoms with E-state index in [0.717, 1.165) is 17.7 Å². The van der Waals surface area contributed by atoms with Crippen LogP contribution in [0.15, 0.2) is 48.5 Å². The van der Waals surface area contributed by atoms with E-state index in [-0.39, 0.29) is 12.1 Å². The summed E-state index contributed by atoms with van der Waals surface area (Å²) in [6.45, 7) is 2.92. The standard InChI is InChI=1S/C23H22ClN5O2/c1-2-26-23(30)27-18-7-5-13-31-22-20(18)28-29(19-8-4-3-6-17(19)24)21(22)16-11-9-15(14-25)10-12-16/h3-4,6,8-12,18H,2,5,7,13H2,1H3,(H2,26,27,30). The molecule has 1 aliphatic rings. The van der Waals surface area contributed by atoms with Crippen molar-refractivity contribution in [1.82, 2.24) is 20.4 Å². The van der Waals surface area contributed by atoms with Crippen LogP contribution in [-0.4, -0.2) is 29.0 Å². The van der Waals surface area contributed by atoms with Crippen LogP contribution in [0, 0.1) is 11.3 Å². The third kappa shape index (κ3) is 4.21. The summed E-state index contributed by atoms with van der Waals surface area (Å²) in [5.74, 6) is 0.615. The molecule has 158 valence electrons. The van der Waals surface area contributed by atoms with Gasteiger partial charge in [0, 0.05) is 12.1 Å². The zero-order valence-corrected chi connectivity index (χ0v) is 17.8. The lowest BCUT2D eigenvalue weighted by Gasteiger charge is -2.15. The largest absolute Gasteiger partial charge is 0.489 e. The van der Waals surface area contributed by atoms with Gasteiger partial charge in [0.15, 0.2) is 5.75 Å². The number of para-hydroxylation sites is 1. The second-order valence-electron chi connectivity index (χ2n) is 7.16. The first-order valence-corrected chi connectivity index (χ1v) is 10.6. The van der Waals surface area contributed by atoms with E-state index in [1.807, 2.05) is 37.3 Å². The summed E-state index contributed by atoms with van der Waals surface area (Å²) in [5.41, 5.74) is 3.50. The maximum absolute atomic E-state index is 12.2. The molecule has 0 saturated carbocycles. The Morgan fingerprint density at radius 3 is 2.77 bits per heavy atom. The maximum Gasteiger partial charge on any atom is 0.315 e. The molecule has 0 saturated heterocycles. The zero-order chi connectivity index (χ0) is 21.8. The molecule has 4 rings (SSSR count). The second-order valence-corrected chi connectivity index (χ2v) is 7.57. The van der Waals surface area contributed by atoms with Crippen LogP contribution in [0.25, 0.3) is 16.9 Å². The molecule has 2 aromatic carbocycles. The number of halogens is 1. The Hall–Kier alpha value is -3.50. The number of ether oxygens (including phenoxy) is 1. The summed E-state index contributed by atoms with van der Waals surface area (Å²) in [6.07, 6.45) is 1.49. The highest BCUT2D eigenvalue weighted by atomic mass is 35.5. The highest BCUT2D eigenvalue weighted by molar-refractivity contribution is 6.32. The predicted molar refractivity (Wildman–Crippen MR) is 118 cm³/mol. The highest BCUT2D eigenvalue weighted by Crippen LogP contribution is 2.41. The van der Waals surface area contributed by atoms with Gasteiger partial charge in [0.2, 0.25) is 0 Å². The molecule has 1 unspecified atom stereocenters. The van der Waals surface area contributed by atoms with Gasteiger partial charge in [-0.3, -0.25) is 0 Å². The molecular weight excluding hydrogens is 414 g/mol. The number of nitrogens with one attached hydrogen (secondary N) is 2. The summed E-state index contributed by atoms with van der Waals surface area (Å²) in [5, 5.41) is 20.3. The van der Waals surface area contributed by atoms with Crippen LogP contribution in [-0.2, 0) is 0 Å². The fraction of sp³-hybridized carbons (Fsp3) is 0.261. The number of fused-ring (bicyclic) bond motifs is 1. The van der Waals surface area contributed by atoms with Gasteiger partial charge in [0.25, 0.3) is 0 Å². The van der Waals surface area contributed by atoms with Crippen LogP contribution < -0.4 is 15.4 Å². The zero-order valence-electron chi connectivity index (χ0n) is 17.1. The number of carbonyl (C=O) groups is 1. The number of benzene rings is 2. The number of nitrogens with zero attached hydrogens (tertiary/aromatic N) is 3. The smallest absolute Gasteiger partial charge is 0.315 e. The first-order valence-electron chi connectivity index (χ1n) is 10.2. The first kappa shape index (κ1) is 20.8. The summed E-state index contributed by atoms with van der Waals surface area (Å²) in [4.78, 5) is 12.2. The molecule has 31 heavy (non-hydrogen) atoms. The fourth-order valence-electron chi connectivity index (χ4n) is 3.65. The molecule has 0 radical (unpaired) electrons. The molecule has 0 bridgehead atoms. The van der Waals surface area contributed by atoms with Gasteiger partial charge in [0.05, 0.1) is 35.0 Å². The number of amides is 2. The SMILES string of the molecule is CCNC(=O)NC1CCCOc2c1nn(-c1ccccc1Cl)c2-c1ccc(C#N)cc1. The normalized spacial score (nSPS) is 15.2. The molecular formula is C23H22ClN5O2. The van der Waals surface area contributed by atoms with Crippen LogP contribution >= 0.6 is 11.6 Å². The van der Waals surface area contributed by atoms with Gasteiger partial charge in [-0.15, -0.1) is 0 Å². The van der Waals surface area contributed by atoms with Crippen molar-refractivity contribution < 1.29 is 9.53 Å². The second kappa shape index (κ2) is 9.11. The van der Waals surface area contributed by atoms with Crippen LogP contribution in [0.5, 0.6) is 5.75 Å². The lowest BCUT2D eigenvalue weighted by molar-refractivity contribution is 0.236. The van der Waals surface area contributed by atoms with E-state index >= 15 is 0 Å². The minimum Gasteiger partial charge on any atom is -0.489 e. The molecule has 0 aliphatic carbocycles. The van der Waals surface area contributed by atoms with Crippen molar-refractivity contribution in [2.45, 2.75) is 25.8 Å². The van der Waals surface area contributed by atoms with E-state index in [4.69, 9.17) is 26.7 Å². The average Bonchev–Trinajstić information content (AvgIpc) is 3.04. The topological polar surface area (TPSA) is 92.0 Å². The van der Waals surface area contributed by atoms with Crippen molar-refractivity contribution in [2.75, 3.05) is 13.2 Å². The first-order chi connectivity index (χ1) is 15.1. The number of aromatic nitrogens is 2. The quantitative estimate of drug-likeness (QED) is 0.626. The fourth-order valence-corrected chi connectivity index (χ4v) is 3.87. The summed E-state index contributed by atoms with van der Waals surface area (Å²) in [7, 11) is 0. The van der Waals surface area contributed by atoms with Gasteiger partial charge < -0.3 is 15.4 Å². The molecule has 7 nitrogen and oxygen atoms in total. The molecule has 2 heterocycles. The maximum atomic E-state index is 12.2. The third-order valence-corrected chi connectivity index (χ3v) is 5.41. The van der Waals surface area contributed by atoms with Gasteiger partial charge >= 0.3 is 6.03 Å². The number of nitriles is 1. The minimum atomic E-state index is -0.301. The molecule has 2 N–H and O–H groups in total. The molecule has 1 aliphatic heterocycles. The van der Waals surface area contributed by atoms with Crippen LogP contribution in [0.2, 0.25) is 5.02 Å². The molecule has 3 aromatic rings. The van der Waals surface area contributed by atoms with E-state index in [0.29, 0.717) is 47.3 Å². The van der Waals surface area contributed by atoms with E-state index in [2.05, 4.69) is 16.7 Å². The van der Waals surface area contributed by atoms with Crippen molar-refractivity contribution in [3.8, 4) is 28.8 Å². The van der Waals surface area contributed by atoms with Gasteiger partial charge in [-0.2, -0.15) is 10.4 Å². The van der Waals surface area contributed by atoms with E-state index in [1.165, 1.54) is 0 Å². The Labute approximate surface area is 185 Å². The van der Waals surface area contributed by atoms with Crippen LogP contribution in [0.1, 0.15) is 37.1 Å². The Morgan fingerprint density at radius 2 is 2.06 bits per heavy atom. The van der Waals surface area contributed by atoms with Gasteiger partial charge in [-0.25, -0.2) is 9.48 Å². The highest BCUT2D eigenvalue weighted by Gasteiger charge is 2.31. The van der Waals surface area contributed by atoms with Crippen molar-refractivity contribution >= 4 is 17.6 Å². The lowest BCUT2D eigenvalue weighted by Crippen LogP contribution is -2.37. The summed E-state index contributed by atoms with van der Waals surface area (Å²) in [6, 6.07) is 16.3. The summed E-state index contributed by atoms with van der Waals surface area (Å²) < 4.78 is 7.90. The molecule has 8 heteroatoms. The number of urea groups is 1. The van der Waals surface area contributed by atoms with Crippen molar-refractivity contribution in [2.24, 2.45) is 0 Å². The molecule has 0 spiro atoms. The van der Waals surface area contributed by atoms with Crippen molar-refractivity contribution in [1.29, 1.82) is 5.26 Å². The van der Waals surface area contributed by atoms with Gasteiger partial charge in [0.1, 0.15) is 11.4 Å². The van der Waals surface area contributed by atoms with Crippen LogP contribution in [0.4, 0.5) is 4.79 Å². The van der Waals surface area contributed by atoms with Crippen molar-refractivity contribution in [3.05, 3.63) is 64.8 Å². The van der Waals surface area contributed by atoms with E-state index in [9.17, 15) is 4.79 Å². The Balaban J connectivity index is 1.89. The monoisotopic (exact) mass is 435 g/mol. The number of carbonyl (C=O) groups excluding carboxylic acids is 1. The Morgan fingerprint density at radius 1 is 1.29 bits per heavy atom. The minimum absolute atomic E-state index is 0.243. The van der Waals surface area contributed by atoms with Crippen LogP contribution in [0.3, 0.4) is 0 Å². The third-order valence-electron chi connectivity index (χ3n) is 5.09. The molecule has 2 amide bonds. The summed E-state index contributed by atoms with van der Waals surface area (Å²) >= 11 is 6.50. The predicted octanol–water partition coefficient (Wildman–Crippen LogP) is 4.60. The Bertz CT molecular complexity index is 1130. The van der Waals surface area contributed by atoms with Crippen molar-refractivity contribution in [3.63, 3.8) is 0 Å². The molecule has 0 fully saturated rings. The lowest BCUT2D eigenvalue weighted by atomic mass is 10.0. The van der Waals surface area contributed by atoms with Gasteiger partial charge in [-0.05, 0) is 44.0 Å². The van der Waals surface area contributed by atoms with E-state index < -0.39 is 0 Å². The average molecular weight is 436 g/mol. The number of hydrogen-bond acceptors (Lipinski definition) is 4.